The first kappa shape index (κ1) is 20.6. The van der Waals surface area contributed by atoms with Crippen molar-refractivity contribution in [3.05, 3.63) is 29.6 Å². The lowest BCUT2D eigenvalue weighted by atomic mass is 9.82. The lowest BCUT2D eigenvalue weighted by molar-refractivity contribution is -0.136. The van der Waals surface area contributed by atoms with Crippen LogP contribution < -0.4 is 9.46 Å². The number of carbonyl (C=O) groups is 1. The maximum atomic E-state index is 14.6. The molecule has 1 amide bonds. The molecule has 0 aromatic heterocycles. The summed E-state index contributed by atoms with van der Waals surface area (Å²) >= 11 is 0. The molecule has 2 fully saturated rings. The number of hydrogen-bond donors (Lipinski definition) is 1. The molecule has 1 aliphatic carbocycles. The van der Waals surface area contributed by atoms with Gasteiger partial charge < -0.3 is 14.4 Å². The third-order valence-corrected chi connectivity index (χ3v) is 6.91. The zero-order chi connectivity index (χ0) is 20.6. The molecule has 0 spiro atoms. The molecule has 1 aromatic rings. The Kier molecular flexibility index (Phi) is 5.81. The van der Waals surface area contributed by atoms with Crippen LogP contribution in [0.3, 0.4) is 0 Å². The van der Waals surface area contributed by atoms with E-state index >= 15 is 0 Å². The van der Waals surface area contributed by atoms with Crippen LogP contribution in [0.1, 0.15) is 43.6 Å². The lowest BCUT2D eigenvalue weighted by Gasteiger charge is -2.32. The van der Waals surface area contributed by atoms with E-state index in [1.54, 1.807) is 17.0 Å². The van der Waals surface area contributed by atoms with E-state index in [2.05, 4.69) is 4.72 Å². The average molecular weight is 427 g/mol. The van der Waals surface area contributed by atoms with Gasteiger partial charge in [-0.2, -0.15) is 0 Å². The summed E-state index contributed by atoms with van der Waals surface area (Å²) in [7, 11) is -3.40. The largest absolute Gasteiger partial charge is 0.483 e. The van der Waals surface area contributed by atoms with Crippen LogP contribution in [0.15, 0.2) is 18.2 Å². The summed E-state index contributed by atoms with van der Waals surface area (Å²) in [4.78, 5) is 14.5. The summed E-state index contributed by atoms with van der Waals surface area (Å²) in [6.45, 7) is 0.483. The number of hydrogen-bond acceptors (Lipinski definition) is 5. The molecule has 1 unspecified atom stereocenters. The highest BCUT2D eigenvalue weighted by Crippen LogP contribution is 2.40. The Labute approximate surface area is 170 Å². The normalized spacial score (nSPS) is 30.6. The van der Waals surface area contributed by atoms with Crippen molar-refractivity contribution in [1.29, 1.82) is 0 Å². The van der Waals surface area contributed by atoms with Gasteiger partial charge in [-0.05, 0) is 50.2 Å². The predicted octanol–water partition coefficient (Wildman–Crippen LogP) is 1.78. The number of amides is 1. The minimum atomic E-state index is -3.40. The molecule has 1 N–H and O–H groups in total. The molecule has 7 nitrogen and oxygen atoms in total. The van der Waals surface area contributed by atoms with Gasteiger partial charge in [0.15, 0.2) is 6.61 Å². The van der Waals surface area contributed by atoms with Crippen LogP contribution in [0.2, 0.25) is 0 Å². The van der Waals surface area contributed by atoms with E-state index in [4.69, 9.17) is 9.47 Å². The Bertz CT molecular complexity index is 870. The summed E-state index contributed by atoms with van der Waals surface area (Å²) in [5.41, 5.74) is 0.549. The number of benzene rings is 1. The second-order valence-corrected chi connectivity index (χ2v) is 9.97. The maximum absolute atomic E-state index is 14.6. The summed E-state index contributed by atoms with van der Waals surface area (Å²) in [5, 5.41) is 0. The van der Waals surface area contributed by atoms with Crippen LogP contribution in [0.25, 0.3) is 0 Å². The van der Waals surface area contributed by atoms with Gasteiger partial charge in [-0.15, -0.1) is 0 Å². The zero-order valence-corrected chi connectivity index (χ0v) is 17.3. The SMILES string of the molecule is CS(=O)(=O)NC1CCN2C(=O)COc3cccc(F)c3C3CCC(CC3)OC[C@@H]12. The number of halogens is 1. The number of nitrogens with zero attached hydrogens (tertiary/aromatic N) is 1. The minimum absolute atomic E-state index is 0.0274. The number of sulfonamides is 1. The van der Waals surface area contributed by atoms with Crippen LogP contribution in [0.5, 0.6) is 5.75 Å². The zero-order valence-electron chi connectivity index (χ0n) is 16.5. The van der Waals surface area contributed by atoms with E-state index in [0.717, 1.165) is 31.9 Å². The second kappa shape index (κ2) is 8.20. The molecule has 2 atom stereocenters. The van der Waals surface area contributed by atoms with Crippen molar-refractivity contribution < 1.29 is 27.1 Å². The maximum Gasteiger partial charge on any atom is 0.260 e. The Balaban J connectivity index is 1.61. The van der Waals surface area contributed by atoms with Crippen molar-refractivity contribution in [3.63, 3.8) is 0 Å². The minimum Gasteiger partial charge on any atom is -0.483 e. The molecule has 2 bridgehead atoms. The molecule has 160 valence electrons. The Morgan fingerprint density at radius 1 is 1.17 bits per heavy atom. The van der Waals surface area contributed by atoms with Crippen LogP contribution in [-0.2, 0) is 19.6 Å². The molecule has 3 aliphatic heterocycles. The van der Waals surface area contributed by atoms with Crippen molar-refractivity contribution in [1.82, 2.24) is 9.62 Å². The van der Waals surface area contributed by atoms with Crippen LogP contribution in [0, 0.1) is 5.82 Å². The molecule has 0 radical (unpaired) electrons. The summed E-state index contributed by atoms with van der Waals surface area (Å²) in [6.07, 6.45) is 4.83. The predicted molar refractivity (Wildman–Crippen MR) is 105 cm³/mol. The topological polar surface area (TPSA) is 84.9 Å². The van der Waals surface area contributed by atoms with Gasteiger partial charge in [0.05, 0.1) is 25.0 Å². The first-order valence-corrected chi connectivity index (χ1v) is 12.0. The fourth-order valence-corrected chi connectivity index (χ4v) is 5.62. The van der Waals surface area contributed by atoms with E-state index < -0.39 is 10.0 Å². The van der Waals surface area contributed by atoms with Crippen molar-refractivity contribution in [3.8, 4) is 5.75 Å². The third kappa shape index (κ3) is 4.57. The van der Waals surface area contributed by atoms with Crippen molar-refractivity contribution in [2.45, 2.75) is 56.2 Å². The molecule has 1 saturated carbocycles. The lowest BCUT2D eigenvalue weighted by Crippen LogP contribution is -2.50. The number of fused-ring (bicyclic) bond motifs is 5. The first-order valence-electron chi connectivity index (χ1n) is 10.1. The average Bonchev–Trinajstić information content (AvgIpc) is 3.05. The van der Waals surface area contributed by atoms with Gasteiger partial charge in [-0.3, -0.25) is 4.79 Å². The van der Waals surface area contributed by atoms with E-state index in [1.165, 1.54) is 6.07 Å². The highest BCUT2D eigenvalue weighted by atomic mass is 32.2. The van der Waals surface area contributed by atoms with Gasteiger partial charge in [0.2, 0.25) is 10.0 Å². The van der Waals surface area contributed by atoms with Crippen molar-refractivity contribution in [2.75, 3.05) is 26.0 Å². The molecule has 9 heteroatoms. The van der Waals surface area contributed by atoms with Crippen molar-refractivity contribution >= 4 is 15.9 Å². The monoisotopic (exact) mass is 426 g/mol. The second-order valence-electron chi connectivity index (χ2n) is 8.19. The highest BCUT2D eigenvalue weighted by Gasteiger charge is 2.40. The van der Waals surface area contributed by atoms with Gasteiger partial charge in [0.1, 0.15) is 11.6 Å². The fraction of sp³-hybridized carbons (Fsp3) is 0.650. The molecular weight excluding hydrogens is 399 g/mol. The van der Waals surface area contributed by atoms with E-state index in [9.17, 15) is 17.6 Å². The van der Waals surface area contributed by atoms with Crippen molar-refractivity contribution in [2.24, 2.45) is 0 Å². The number of ether oxygens (including phenoxy) is 2. The standard InChI is InChI=1S/C20H27FN2O5S/c1-29(25,26)22-16-9-10-23-17(16)11-27-14-7-5-13(6-8-14)20-15(21)3-2-4-18(20)28-12-19(23)24/h2-4,13-14,16-17,22H,5-12H2,1H3/t13?,14?,16?,17-/m0/s1. The van der Waals surface area contributed by atoms with Gasteiger partial charge in [-0.25, -0.2) is 17.5 Å². The molecule has 1 aromatic carbocycles. The van der Waals surface area contributed by atoms with Gasteiger partial charge in [-0.1, -0.05) is 6.07 Å². The molecule has 4 aliphatic rings. The van der Waals surface area contributed by atoms with Crippen LogP contribution >= 0.6 is 0 Å². The number of rotatable bonds is 2. The number of nitrogens with one attached hydrogen (secondary N) is 1. The molecule has 3 heterocycles. The molecule has 1 saturated heterocycles. The molecule has 5 rings (SSSR count). The third-order valence-electron chi connectivity index (χ3n) is 6.18. The highest BCUT2D eigenvalue weighted by molar-refractivity contribution is 7.88. The van der Waals surface area contributed by atoms with E-state index in [1.807, 2.05) is 0 Å². The van der Waals surface area contributed by atoms with Crippen LogP contribution in [0.4, 0.5) is 4.39 Å². The Hall–Kier alpha value is -1.71. The van der Waals surface area contributed by atoms with Crippen LogP contribution in [-0.4, -0.2) is 63.4 Å². The fourth-order valence-electron chi connectivity index (χ4n) is 4.80. The van der Waals surface area contributed by atoms with Gasteiger partial charge >= 0.3 is 0 Å². The number of carbonyl (C=O) groups excluding carboxylic acids is 1. The Morgan fingerprint density at radius 2 is 1.93 bits per heavy atom. The Morgan fingerprint density at radius 3 is 2.66 bits per heavy atom. The van der Waals surface area contributed by atoms with E-state index in [0.29, 0.717) is 24.3 Å². The molecular formula is C20H27FN2O5S. The van der Waals surface area contributed by atoms with E-state index in [-0.39, 0.29) is 49.0 Å². The smallest absolute Gasteiger partial charge is 0.260 e. The quantitative estimate of drug-likeness (QED) is 0.779. The summed E-state index contributed by atoms with van der Waals surface area (Å²) < 4.78 is 52.6. The molecule has 29 heavy (non-hydrogen) atoms. The van der Waals surface area contributed by atoms with Gasteiger partial charge in [0.25, 0.3) is 5.91 Å². The van der Waals surface area contributed by atoms with Gasteiger partial charge in [0, 0.05) is 18.2 Å². The first-order chi connectivity index (χ1) is 13.8. The summed E-state index contributed by atoms with van der Waals surface area (Å²) in [5.74, 6) is -0.0891. The summed E-state index contributed by atoms with van der Waals surface area (Å²) in [6, 6.07) is 3.97.